The number of carbonyl (C=O) groups excluding carboxylic acids is 1. The molecule has 0 bridgehead atoms. The Balaban J connectivity index is 2.85. The summed E-state index contributed by atoms with van der Waals surface area (Å²) in [5.74, 6) is -3.19. The second kappa shape index (κ2) is 5.09. The van der Waals surface area contributed by atoms with Gasteiger partial charge in [0.25, 0.3) is 0 Å². The minimum Gasteiger partial charge on any atom is -0.481 e. The average molecular weight is 264 g/mol. The van der Waals surface area contributed by atoms with Crippen molar-refractivity contribution in [3.05, 3.63) is 16.5 Å². The number of aromatic nitrogens is 2. The number of hydrogen-bond acceptors (Lipinski definition) is 4. The molecule has 1 rings (SSSR count). The number of nitrogens with one attached hydrogen (secondary N) is 1. The number of hydrogen-bond donors (Lipinski definition) is 2. The van der Waals surface area contributed by atoms with Gasteiger partial charge in [-0.3, -0.25) is 9.59 Å². The van der Waals surface area contributed by atoms with Crippen molar-refractivity contribution in [3.63, 3.8) is 0 Å². The Kier molecular flexibility index (Phi) is 4.03. The molecule has 1 atom stereocenters. The average Bonchev–Trinajstić information content (AvgIpc) is 2.23. The molecule has 1 amide bonds. The van der Waals surface area contributed by atoms with E-state index in [1.165, 1.54) is 6.92 Å². The highest BCUT2D eigenvalue weighted by Gasteiger charge is 2.22. The maximum atomic E-state index is 11.4. The standard InChI is InChI=1S/C8H7Cl2N3O3/c1-3(8(15)16)7(14)13-6-4(9)5(10)11-2-12-6/h2-3H,1H3,(H,15,16)(H,11,12,13,14). The summed E-state index contributed by atoms with van der Waals surface area (Å²) in [7, 11) is 0. The van der Waals surface area contributed by atoms with Gasteiger partial charge < -0.3 is 10.4 Å². The molecule has 1 aromatic rings. The molecule has 0 aliphatic carbocycles. The number of nitrogens with zero attached hydrogens (tertiary/aromatic N) is 2. The number of amides is 1. The summed E-state index contributed by atoms with van der Waals surface area (Å²) in [6.45, 7) is 1.24. The van der Waals surface area contributed by atoms with E-state index < -0.39 is 17.8 Å². The Bertz CT molecular complexity index is 439. The highest BCUT2D eigenvalue weighted by Crippen LogP contribution is 2.25. The van der Waals surface area contributed by atoms with Gasteiger partial charge in [0.1, 0.15) is 17.3 Å². The van der Waals surface area contributed by atoms with Gasteiger partial charge in [-0.1, -0.05) is 23.2 Å². The third kappa shape index (κ3) is 2.80. The fourth-order valence-corrected chi connectivity index (χ4v) is 1.05. The van der Waals surface area contributed by atoms with Crippen LogP contribution in [0.4, 0.5) is 5.82 Å². The lowest BCUT2D eigenvalue weighted by molar-refractivity contribution is -0.144. The van der Waals surface area contributed by atoms with E-state index in [9.17, 15) is 9.59 Å². The second-order valence-corrected chi connectivity index (χ2v) is 3.61. The van der Waals surface area contributed by atoms with Gasteiger partial charge in [0.2, 0.25) is 5.91 Å². The molecule has 1 heterocycles. The van der Waals surface area contributed by atoms with Crippen LogP contribution in [0.25, 0.3) is 0 Å². The summed E-state index contributed by atoms with van der Waals surface area (Å²) < 4.78 is 0. The van der Waals surface area contributed by atoms with Crippen molar-refractivity contribution < 1.29 is 14.7 Å². The van der Waals surface area contributed by atoms with Crippen LogP contribution in [-0.2, 0) is 9.59 Å². The minimum atomic E-state index is -1.24. The van der Waals surface area contributed by atoms with Crippen LogP contribution >= 0.6 is 23.2 Å². The Labute approximate surface area is 101 Å². The molecule has 2 N–H and O–H groups in total. The van der Waals surface area contributed by atoms with Crippen LogP contribution in [0.3, 0.4) is 0 Å². The maximum absolute atomic E-state index is 11.4. The first kappa shape index (κ1) is 12.7. The fourth-order valence-electron chi connectivity index (χ4n) is 0.773. The molecule has 8 heteroatoms. The Morgan fingerprint density at radius 3 is 2.62 bits per heavy atom. The molecule has 0 fully saturated rings. The number of carboxylic acid groups (broad SMARTS) is 1. The number of halogens is 2. The lowest BCUT2D eigenvalue weighted by Crippen LogP contribution is -2.27. The van der Waals surface area contributed by atoms with Crippen LogP contribution in [-0.4, -0.2) is 27.0 Å². The first-order chi connectivity index (χ1) is 7.43. The van der Waals surface area contributed by atoms with Gasteiger partial charge in [-0.2, -0.15) is 0 Å². The molecule has 0 spiro atoms. The molecule has 0 saturated carbocycles. The smallest absolute Gasteiger partial charge is 0.315 e. The SMILES string of the molecule is CC(C(=O)O)C(=O)Nc1ncnc(Cl)c1Cl. The molecule has 0 saturated heterocycles. The van der Waals surface area contributed by atoms with E-state index in [0.717, 1.165) is 6.33 Å². The lowest BCUT2D eigenvalue weighted by atomic mass is 10.2. The van der Waals surface area contributed by atoms with Gasteiger partial charge in [-0.25, -0.2) is 9.97 Å². The van der Waals surface area contributed by atoms with Crippen molar-refractivity contribution in [3.8, 4) is 0 Å². The molecule has 16 heavy (non-hydrogen) atoms. The summed E-state index contributed by atoms with van der Waals surface area (Å²) >= 11 is 11.3. The fraction of sp³-hybridized carbons (Fsp3) is 0.250. The Hall–Kier alpha value is -1.40. The third-order valence-corrected chi connectivity index (χ3v) is 2.49. The predicted octanol–water partition coefficient (Wildman–Crippen LogP) is 1.44. The first-order valence-corrected chi connectivity index (χ1v) is 4.88. The molecule has 86 valence electrons. The number of anilines is 1. The van der Waals surface area contributed by atoms with Crippen molar-refractivity contribution in [2.24, 2.45) is 5.92 Å². The lowest BCUT2D eigenvalue weighted by Gasteiger charge is -2.08. The number of carbonyl (C=O) groups is 2. The van der Waals surface area contributed by atoms with Gasteiger partial charge in [0.15, 0.2) is 11.0 Å². The van der Waals surface area contributed by atoms with Crippen molar-refractivity contribution in [2.75, 3.05) is 5.32 Å². The van der Waals surface area contributed by atoms with Gasteiger partial charge in [-0.15, -0.1) is 0 Å². The van der Waals surface area contributed by atoms with E-state index in [0.29, 0.717) is 0 Å². The van der Waals surface area contributed by atoms with E-state index in [4.69, 9.17) is 28.3 Å². The Morgan fingerprint density at radius 1 is 1.44 bits per heavy atom. The van der Waals surface area contributed by atoms with Crippen LogP contribution in [0.2, 0.25) is 10.2 Å². The molecule has 1 unspecified atom stereocenters. The monoisotopic (exact) mass is 263 g/mol. The summed E-state index contributed by atoms with van der Waals surface area (Å²) in [5.41, 5.74) is 0. The molecule has 0 aliphatic rings. The van der Waals surface area contributed by atoms with Crippen molar-refractivity contribution in [2.45, 2.75) is 6.92 Å². The predicted molar refractivity (Wildman–Crippen MR) is 57.5 cm³/mol. The zero-order valence-electron chi connectivity index (χ0n) is 8.07. The van der Waals surface area contributed by atoms with E-state index in [1.807, 2.05) is 0 Å². The molecule has 0 aliphatic heterocycles. The molecular formula is C8H7Cl2N3O3. The quantitative estimate of drug-likeness (QED) is 0.636. The first-order valence-electron chi connectivity index (χ1n) is 4.13. The molecule has 1 aromatic heterocycles. The highest BCUT2D eigenvalue weighted by molar-refractivity contribution is 6.43. The third-order valence-electron chi connectivity index (χ3n) is 1.75. The largest absolute Gasteiger partial charge is 0.481 e. The van der Waals surface area contributed by atoms with Gasteiger partial charge in [0.05, 0.1) is 0 Å². The van der Waals surface area contributed by atoms with E-state index >= 15 is 0 Å². The highest BCUT2D eigenvalue weighted by atomic mass is 35.5. The van der Waals surface area contributed by atoms with Crippen molar-refractivity contribution in [1.29, 1.82) is 0 Å². The second-order valence-electron chi connectivity index (χ2n) is 2.88. The maximum Gasteiger partial charge on any atom is 0.315 e. The van der Waals surface area contributed by atoms with Crippen molar-refractivity contribution >= 4 is 40.9 Å². The van der Waals surface area contributed by atoms with Crippen LogP contribution in [0.1, 0.15) is 6.92 Å². The molecule has 6 nitrogen and oxygen atoms in total. The summed E-state index contributed by atoms with van der Waals surface area (Å²) in [6, 6.07) is 0. The summed E-state index contributed by atoms with van der Waals surface area (Å²) in [5, 5.41) is 10.8. The minimum absolute atomic E-state index is 0.0141. The normalized spacial score (nSPS) is 11.9. The molecular weight excluding hydrogens is 257 g/mol. The Morgan fingerprint density at radius 2 is 2.06 bits per heavy atom. The number of rotatable bonds is 3. The van der Waals surface area contributed by atoms with Gasteiger partial charge in [0, 0.05) is 0 Å². The zero-order chi connectivity index (χ0) is 12.3. The summed E-state index contributed by atoms with van der Waals surface area (Å²) in [4.78, 5) is 29.1. The molecule has 0 aromatic carbocycles. The molecule has 0 radical (unpaired) electrons. The van der Waals surface area contributed by atoms with Crippen LogP contribution < -0.4 is 5.32 Å². The van der Waals surface area contributed by atoms with Crippen molar-refractivity contribution in [1.82, 2.24) is 9.97 Å². The topological polar surface area (TPSA) is 92.2 Å². The van der Waals surface area contributed by atoms with E-state index in [1.54, 1.807) is 0 Å². The van der Waals surface area contributed by atoms with Gasteiger partial charge in [-0.05, 0) is 6.92 Å². The van der Waals surface area contributed by atoms with E-state index in [-0.39, 0.29) is 16.0 Å². The number of aliphatic carboxylic acids is 1. The number of carboxylic acids is 1. The van der Waals surface area contributed by atoms with Gasteiger partial charge >= 0.3 is 5.97 Å². The van der Waals surface area contributed by atoms with Crippen LogP contribution in [0.5, 0.6) is 0 Å². The van der Waals surface area contributed by atoms with Crippen LogP contribution in [0.15, 0.2) is 6.33 Å². The summed E-state index contributed by atoms with van der Waals surface area (Å²) in [6.07, 6.45) is 1.11. The zero-order valence-corrected chi connectivity index (χ0v) is 9.58. The van der Waals surface area contributed by atoms with E-state index in [2.05, 4.69) is 15.3 Å². The van der Waals surface area contributed by atoms with Crippen LogP contribution in [0, 0.1) is 5.92 Å².